The summed E-state index contributed by atoms with van der Waals surface area (Å²) in [5, 5.41) is 8.24. The van der Waals surface area contributed by atoms with Crippen LogP contribution < -0.4 is 21.7 Å². The molecule has 0 saturated carbocycles. The molecule has 2 aliphatic heterocycles. The number of hydrogen-bond donors (Lipinski definition) is 4. The summed E-state index contributed by atoms with van der Waals surface area (Å²) in [7, 11) is 0. The fourth-order valence-electron chi connectivity index (χ4n) is 4.47. The van der Waals surface area contributed by atoms with Crippen LogP contribution in [0.2, 0.25) is 0 Å². The van der Waals surface area contributed by atoms with Gasteiger partial charge in [-0.3, -0.25) is 34.2 Å². The van der Waals surface area contributed by atoms with Crippen molar-refractivity contribution in [3.63, 3.8) is 0 Å². The normalized spacial score (nSPS) is 17.1. The van der Waals surface area contributed by atoms with Crippen LogP contribution in [0.4, 0.5) is 17.1 Å². The minimum atomic E-state index is -0.988. The second kappa shape index (κ2) is 11.0. The molecular formula is C26H29N5O5. The number of para-hydroxylation sites is 2. The van der Waals surface area contributed by atoms with Crippen molar-refractivity contribution in [1.29, 1.82) is 0 Å². The zero-order chi connectivity index (χ0) is 25.7. The second-order valence-electron chi connectivity index (χ2n) is 8.90. The molecule has 1 saturated heterocycles. The highest BCUT2D eigenvalue weighted by molar-refractivity contribution is 6.25. The summed E-state index contributed by atoms with van der Waals surface area (Å²) in [4.78, 5) is 62.7. The molecule has 2 aromatic rings. The molecule has 2 aromatic carbocycles. The fourth-order valence-corrected chi connectivity index (χ4v) is 4.47. The van der Waals surface area contributed by atoms with Gasteiger partial charge in [-0.1, -0.05) is 31.0 Å². The van der Waals surface area contributed by atoms with E-state index in [1.165, 1.54) is 0 Å². The van der Waals surface area contributed by atoms with E-state index in [2.05, 4.69) is 16.0 Å². The van der Waals surface area contributed by atoms with E-state index in [0.29, 0.717) is 30.0 Å². The molecule has 0 aliphatic carbocycles. The number of anilines is 3. The van der Waals surface area contributed by atoms with Crippen molar-refractivity contribution in [1.82, 2.24) is 10.2 Å². The first-order valence-corrected chi connectivity index (χ1v) is 12.1. The first-order valence-electron chi connectivity index (χ1n) is 12.1. The van der Waals surface area contributed by atoms with E-state index < -0.39 is 29.7 Å². The maximum atomic E-state index is 13.1. The van der Waals surface area contributed by atoms with Gasteiger partial charge in [-0.15, -0.1) is 0 Å². The van der Waals surface area contributed by atoms with Crippen molar-refractivity contribution in [3.05, 3.63) is 53.6 Å². The Kier molecular flexibility index (Phi) is 7.62. The molecule has 10 nitrogen and oxygen atoms in total. The summed E-state index contributed by atoms with van der Waals surface area (Å²) in [6.07, 6.45) is 3.92. The number of rotatable bonds is 10. The predicted octanol–water partition coefficient (Wildman–Crippen LogP) is 2.67. The Bertz CT molecular complexity index is 1210. The van der Waals surface area contributed by atoms with Crippen LogP contribution in [-0.2, 0) is 14.4 Å². The van der Waals surface area contributed by atoms with Crippen LogP contribution in [0.3, 0.4) is 0 Å². The van der Waals surface area contributed by atoms with Crippen molar-refractivity contribution in [2.24, 2.45) is 0 Å². The van der Waals surface area contributed by atoms with Crippen LogP contribution in [-0.4, -0.2) is 47.0 Å². The van der Waals surface area contributed by atoms with Gasteiger partial charge in [0.25, 0.3) is 11.8 Å². The van der Waals surface area contributed by atoms with Crippen molar-refractivity contribution in [3.8, 4) is 0 Å². The molecule has 36 heavy (non-hydrogen) atoms. The molecular weight excluding hydrogens is 462 g/mol. The van der Waals surface area contributed by atoms with Crippen molar-refractivity contribution in [2.45, 2.75) is 51.0 Å². The lowest BCUT2D eigenvalue weighted by Crippen LogP contribution is -2.54. The molecule has 10 heteroatoms. The SMILES string of the molecule is Nc1ccccc1NC(=O)CCCCCCNc1cccc2c1C(=O)N(C1CCC(=O)NC1=O)C2=O. The van der Waals surface area contributed by atoms with Crippen LogP contribution >= 0.6 is 0 Å². The van der Waals surface area contributed by atoms with Crippen LogP contribution in [0.1, 0.15) is 65.7 Å². The van der Waals surface area contributed by atoms with Gasteiger partial charge in [0.05, 0.1) is 22.5 Å². The first kappa shape index (κ1) is 24.9. The van der Waals surface area contributed by atoms with Gasteiger partial charge in [0, 0.05) is 25.1 Å². The highest BCUT2D eigenvalue weighted by Crippen LogP contribution is 2.32. The summed E-state index contributed by atoms with van der Waals surface area (Å²) < 4.78 is 0. The lowest BCUT2D eigenvalue weighted by atomic mass is 10.0. The largest absolute Gasteiger partial charge is 0.397 e. The van der Waals surface area contributed by atoms with E-state index in [4.69, 9.17) is 5.73 Å². The minimum Gasteiger partial charge on any atom is -0.397 e. The third-order valence-electron chi connectivity index (χ3n) is 6.35. The van der Waals surface area contributed by atoms with Crippen molar-refractivity contribution < 1.29 is 24.0 Å². The standard InChI is InChI=1S/C26H29N5O5/c27-17-9-4-5-10-18(17)29-21(32)12-3-1-2-6-15-28-19-11-7-8-16-23(19)26(36)31(25(16)35)20-13-14-22(33)30-24(20)34/h4-5,7-11,20,28H,1-3,6,12-15,27H2,(H,29,32)(H,30,33,34). The van der Waals surface area contributed by atoms with Crippen LogP contribution in [0.5, 0.6) is 0 Å². The summed E-state index contributed by atoms with van der Waals surface area (Å²) in [6.45, 7) is 0.586. The number of piperidine rings is 1. The van der Waals surface area contributed by atoms with Gasteiger partial charge in [-0.25, -0.2) is 0 Å². The third kappa shape index (κ3) is 5.37. The average Bonchev–Trinajstić information content (AvgIpc) is 3.10. The Balaban J connectivity index is 1.23. The van der Waals surface area contributed by atoms with E-state index in [1.54, 1.807) is 30.3 Å². The number of unbranched alkanes of at least 4 members (excludes halogenated alkanes) is 3. The molecule has 5 amide bonds. The number of nitrogen functional groups attached to an aromatic ring is 1. The number of fused-ring (bicyclic) bond motifs is 1. The number of hydrogen-bond acceptors (Lipinski definition) is 7. The van der Waals surface area contributed by atoms with E-state index in [0.717, 1.165) is 30.6 Å². The average molecular weight is 492 g/mol. The van der Waals surface area contributed by atoms with Gasteiger partial charge < -0.3 is 16.4 Å². The highest BCUT2D eigenvalue weighted by Gasteiger charge is 2.45. The van der Waals surface area contributed by atoms with Gasteiger partial charge >= 0.3 is 0 Å². The first-order chi connectivity index (χ1) is 17.4. The second-order valence-corrected chi connectivity index (χ2v) is 8.90. The fraction of sp³-hybridized carbons (Fsp3) is 0.346. The monoisotopic (exact) mass is 491 g/mol. The molecule has 1 fully saturated rings. The van der Waals surface area contributed by atoms with Gasteiger partial charge in [-0.2, -0.15) is 0 Å². The maximum Gasteiger partial charge on any atom is 0.264 e. The smallest absolute Gasteiger partial charge is 0.264 e. The van der Waals surface area contributed by atoms with Gasteiger partial charge in [0.2, 0.25) is 17.7 Å². The van der Waals surface area contributed by atoms with Crippen LogP contribution in [0, 0.1) is 0 Å². The van der Waals surface area contributed by atoms with Crippen molar-refractivity contribution in [2.75, 3.05) is 22.9 Å². The number of nitrogens with one attached hydrogen (secondary N) is 3. The zero-order valence-electron chi connectivity index (χ0n) is 19.8. The quantitative estimate of drug-likeness (QED) is 0.227. The van der Waals surface area contributed by atoms with E-state index in [-0.39, 0.29) is 29.9 Å². The Morgan fingerprint density at radius 1 is 0.944 bits per heavy atom. The summed E-state index contributed by atoms with van der Waals surface area (Å²) >= 11 is 0. The van der Waals surface area contributed by atoms with Crippen molar-refractivity contribution >= 4 is 46.6 Å². The lowest BCUT2D eigenvalue weighted by molar-refractivity contribution is -0.136. The van der Waals surface area contributed by atoms with E-state index in [9.17, 15) is 24.0 Å². The molecule has 5 N–H and O–H groups in total. The summed E-state index contributed by atoms with van der Waals surface area (Å²) in [5.74, 6) is -2.16. The molecule has 0 spiro atoms. The Morgan fingerprint density at radius 3 is 2.47 bits per heavy atom. The molecule has 1 atom stereocenters. The number of nitrogens with zero attached hydrogens (tertiary/aromatic N) is 1. The molecule has 188 valence electrons. The number of carbonyl (C=O) groups excluding carboxylic acids is 5. The summed E-state index contributed by atoms with van der Waals surface area (Å²) in [5.41, 5.74) is 8.03. The molecule has 0 aromatic heterocycles. The van der Waals surface area contributed by atoms with E-state index in [1.807, 2.05) is 12.1 Å². The van der Waals surface area contributed by atoms with Crippen LogP contribution in [0.25, 0.3) is 0 Å². The predicted molar refractivity (Wildman–Crippen MR) is 134 cm³/mol. The third-order valence-corrected chi connectivity index (χ3v) is 6.35. The lowest BCUT2D eigenvalue weighted by Gasteiger charge is -2.27. The number of carbonyl (C=O) groups is 5. The molecule has 0 bridgehead atoms. The number of nitrogens with two attached hydrogens (primary N) is 1. The minimum absolute atomic E-state index is 0.0744. The molecule has 4 rings (SSSR count). The van der Waals surface area contributed by atoms with E-state index >= 15 is 0 Å². The number of imide groups is 2. The number of amides is 5. The Hall–Kier alpha value is -4.21. The van der Waals surface area contributed by atoms with Crippen LogP contribution in [0.15, 0.2) is 42.5 Å². The number of benzene rings is 2. The summed E-state index contributed by atoms with van der Waals surface area (Å²) in [6, 6.07) is 11.1. The maximum absolute atomic E-state index is 13.1. The molecule has 2 heterocycles. The Labute approximate surface area is 208 Å². The molecule has 2 aliphatic rings. The topological polar surface area (TPSA) is 151 Å². The molecule has 0 radical (unpaired) electrons. The highest BCUT2D eigenvalue weighted by atomic mass is 16.2. The van der Waals surface area contributed by atoms with Gasteiger partial charge in [-0.05, 0) is 43.5 Å². The van der Waals surface area contributed by atoms with Gasteiger partial charge in [0.15, 0.2) is 0 Å². The molecule has 1 unspecified atom stereocenters. The zero-order valence-corrected chi connectivity index (χ0v) is 19.8. The Morgan fingerprint density at radius 2 is 1.69 bits per heavy atom. The van der Waals surface area contributed by atoms with Gasteiger partial charge in [0.1, 0.15) is 6.04 Å².